The van der Waals surface area contributed by atoms with E-state index < -0.39 is 0 Å². The van der Waals surface area contributed by atoms with Crippen LogP contribution < -0.4 is 0 Å². The van der Waals surface area contributed by atoms with Crippen molar-refractivity contribution in [3.63, 3.8) is 0 Å². The molecule has 0 aliphatic carbocycles. The van der Waals surface area contributed by atoms with Crippen molar-refractivity contribution in [1.82, 2.24) is 0 Å². The Morgan fingerprint density at radius 3 is 1.58 bits per heavy atom. The first-order valence-corrected chi connectivity index (χ1v) is 17.0. The molecule has 31 heavy (non-hydrogen) atoms. The second-order valence-corrected chi connectivity index (χ2v) is 18.5. The zero-order valence-corrected chi connectivity index (χ0v) is 24.7. The van der Waals surface area contributed by atoms with Crippen LogP contribution in [0, 0.1) is 0 Å². The Labute approximate surface area is 221 Å². The number of allylic oxidation sites excluding steroid dienone is 2. The van der Waals surface area contributed by atoms with Gasteiger partial charge in [-0.25, -0.2) is 0 Å². The van der Waals surface area contributed by atoms with Gasteiger partial charge >= 0.3 is 0 Å². The smallest absolute Gasteiger partial charge is 0.211 e. The minimum absolute atomic E-state index is 0.0442. The van der Waals surface area contributed by atoms with Gasteiger partial charge in [-0.1, -0.05) is 36.7 Å². The SMILES string of the molecule is C=CC(=O)SCC1=C(C)SC(CSC(C)(C)SCC2SC(C)=C(CSC(=O)C=C)S2)S1. The van der Waals surface area contributed by atoms with Gasteiger partial charge in [-0.05, 0) is 49.7 Å². The summed E-state index contributed by atoms with van der Waals surface area (Å²) in [6.45, 7) is 16.0. The van der Waals surface area contributed by atoms with Gasteiger partial charge in [0.1, 0.15) is 0 Å². The van der Waals surface area contributed by atoms with Gasteiger partial charge in [0.05, 0.1) is 13.2 Å². The molecule has 2 aliphatic heterocycles. The molecular weight excluding hydrogens is 541 g/mol. The molecule has 2 unspecified atom stereocenters. The summed E-state index contributed by atoms with van der Waals surface area (Å²) in [5, 5.41) is 0.0883. The first-order valence-electron chi connectivity index (χ1n) is 9.56. The molecule has 0 amide bonds. The van der Waals surface area contributed by atoms with Crippen LogP contribution in [-0.4, -0.2) is 46.5 Å². The third kappa shape index (κ3) is 10.1. The second kappa shape index (κ2) is 13.9. The molecule has 2 atom stereocenters. The van der Waals surface area contributed by atoms with E-state index in [0.29, 0.717) is 9.16 Å². The van der Waals surface area contributed by atoms with Crippen molar-refractivity contribution in [2.75, 3.05) is 23.0 Å². The van der Waals surface area contributed by atoms with Gasteiger partial charge < -0.3 is 0 Å². The van der Waals surface area contributed by atoms with Crippen molar-refractivity contribution in [3.05, 3.63) is 44.9 Å². The largest absolute Gasteiger partial charge is 0.282 e. The van der Waals surface area contributed by atoms with Crippen molar-refractivity contribution in [2.24, 2.45) is 0 Å². The van der Waals surface area contributed by atoms with Crippen LogP contribution in [0.1, 0.15) is 27.7 Å². The predicted octanol–water partition coefficient (Wildman–Crippen LogP) is 8.16. The van der Waals surface area contributed by atoms with Gasteiger partial charge in [-0.15, -0.1) is 70.6 Å². The van der Waals surface area contributed by atoms with Gasteiger partial charge in [0.2, 0.25) is 10.2 Å². The maximum absolute atomic E-state index is 11.5. The van der Waals surface area contributed by atoms with Gasteiger partial charge in [-0.3, -0.25) is 9.59 Å². The van der Waals surface area contributed by atoms with E-state index in [-0.39, 0.29) is 14.3 Å². The Hall–Kier alpha value is 1.10. The minimum Gasteiger partial charge on any atom is -0.282 e. The van der Waals surface area contributed by atoms with Crippen LogP contribution in [-0.2, 0) is 9.59 Å². The number of rotatable bonds is 12. The van der Waals surface area contributed by atoms with E-state index in [4.69, 9.17) is 0 Å². The Balaban J connectivity index is 1.70. The molecule has 0 N–H and O–H groups in total. The molecule has 0 saturated heterocycles. The fourth-order valence-corrected chi connectivity index (χ4v) is 13.1. The molecule has 2 heterocycles. The van der Waals surface area contributed by atoms with Gasteiger partial charge in [-0.2, -0.15) is 0 Å². The van der Waals surface area contributed by atoms with Crippen molar-refractivity contribution in [2.45, 2.75) is 40.9 Å². The van der Waals surface area contributed by atoms with Gasteiger partial charge in [0.15, 0.2) is 0 Å². The molecular formula is C21H28O2S8. The first kappa shape index (κ1) is 28.3. The highest BCUT2D eigenvalue weighted by Gasteiger charge is 2.30. The molecule has 2 nitrogen and oxygen atoms in total. The van der Waals surface area contributed by atoms with E-state index in [1.54, 1.807) is 0 Å². The van der Waals surface area contributed by atoms with E-state index in [2.05, 4.69) is 40.9 Å². The van der Waals surface area contributed by atoms with E-state index in [1.807, 2.05) is 70.6 Å². The summed E-state index contributed by atoms with van der Waals surface area (Å²) in [6.07, 6.45) is 2.78. The summed E-state index contributed by atoms with van der Waals surface area (Å²) < 4.78 is 1.19. The van der Waals surface area contributed by atoms with Crippen LogP contribution in [0.4, 0.5) is 0 Å². The summed E-state index contributed by atoms with van der Waals surface area (Å²) in [7, 11) is 0. The molecule has 0 aromatic rings. The summed E-state index contributed by atoms with van der Waals surface area (Å²) in [5.41, 5.74) is 0. The molecule has 0 fully saturated rings. The third-order valence-corrected chi connectivity index (χ3v) is 16.0. The highest BCUT2D eigenvalue weighted by atomic mass is 32.2. The van der Waals surface area contributed by atoms with Gasteiger partial charge in [0, 0.05) is 32.8 Å². The summed E-state index contributed by atoms with van der Waals surface area (Å²) in [6, 6.07) is 0. The lowest BCUT2D eigenvalue weighted by molar-refractivity contribution is -0.107. The quantitative estimate of drug-likeness (QED) is 0.170. The van der Waals surface area contributed by atoms with Crippen LogP contribution in [0.5, 0.6) is 0 Å². The number of hydrogen-bond acceptors (Lipinski definition) is 10. The van der Waals surface area contributed by atoms with E-state index in [0.717, 1.165) is 23.0 Å². The van der Waals surface area contributed by atoms with E-state index in [9.17, 15) is 9.59 Å². The zero-order valence-electron chi connectivity index (χ0n) is 18.1. The van der Waals surface area contributed by atoms with Crippen molar-refractivity contribution < 1.29 is 9.59 Å². The number of thioether (sulfide) groups is 8. The second-order valence-electron chi connectivity index (χ2n) is 6.93. The Morgan fingerprint density at radius 2 is 1.23 bits per heavy atom. The molecule has 0 bridgehead atoms. The highest BCUT2D eigenvalue weighted by molar-refractivity contribution is 8.27. The van der Waals surface area contributed by atoms with Gasteiger partial charge in [0.25, 0.3) is 0 Å². The fourth-order valence-electron chi connectivity index (χ4n) is 2.43. The number of carbonyl (C=O) groups excluding carboxylic acids is 2. The monoisotopic (exact) mass is 568 g/mol. The highest BCUT2D eigenvalue weighted by Crippen LogP contribution is 2.52. The van der Waals surface area contributed by atoms with Crippen LogP contribution in [0.25, 0.3) is 0 Å². The fraction of sp³-hybridized carbons (Fsp3) is 0.524. The molecule has 0 spiro atoms. The van der Waals surface area contributed by atoms with Crippen molar-refractivity contribution in [1.29, 1.82) is 0 Å². The lowest BCUT2D eigenvalue weighted by atomic mass is 10.5. The van der Waals surface area contributed by atoms with Crippen LogP contribution in [0.3, 0.4) is 0 Å². The number of hydrogen-bond donors (Lipinski definition) is 0. The molecule has 0 aromatic carbocycles. The topological polar surface area (TPSA) is 34.1 Å². The molecule has 10 heteroatoms. The number of carbonyl (C=O) groups is 2. The van der Waals surface area contributed by atoms with E-state index in [1.165, 1.54) is 55.3 Å². The standard InChI is InChI=1S/C21H28O2S8/c1-7-17(22)24-9-15-13(3)28-19(30-15)11-26-21(5,6)27-12-20-29-14(4)16(31-20)10-25-18(23)8-2/h7-8,19-20H,1-2,9-12H2,3-6H3. The lowest BCUT2D eigenvalue weighted by Crippen LogP contribution is -2.15. The molecule has 172 valence electrons. The van der Waals surface area contributed by atoms with Crippen LogP contribution in [0.2, 0.25) is 0 Å². The Morgan fingerprint density at radius 1 is 0.839 bits per heavy atom. The molecule has 0 radical (unpaired) electrons. The molecule has 2 aliphatic rings. The third-order valence-electron chi connectivity index (χ3n) is 4.11. The molecule has 0 aromatic heterocycles. The van der Waals surface area contributed by atoms with Crippen molar-refractivity contribution in [3.8, 4) is 0 Å². The summed E-state index contributed by atoms with van der Waals surface area (Å²) in [4.78, 5) is 28.4. The van der Waals surface area contributed by atoms with E-state index >= 15 is 0 Å². The Kier molecular flexibility index (Phi) is 12.7. The maximum atomic E-state index is 11.5. The first-order chi connectivity index (χ1) is 14.6. The summed E-state index contributed by atoms with van der Waals surface area (Å²) >= 11 is 14.4. The minimum atomic E-state index is 0.0442. The van der Waals surface area contributed by atoms with Crippen LogP contribution >= 0.6 is 94.1 Å². The average molecular weight is 569 g/mol. The lowest BCUT2D eigenvalue weighted by Gasteiger charge is -2.26. The summed E-state index contributed by atoms with van der Waals surface area (Å²) in [5.74, 6) is 3.69. The maximum Gasteiger partial charge on any atom is 0.211 e. The van der Waals surface area contributed by atoms with Crippen LogP contribution in [0.15, 0.2) is 44.9 Å². The molecule has 2 rings (SSSR count). The zero-order chi connectivity index (χ0) is 23.0. The Bertz CT molecular complexity index is 709. The normalized spacial score (nSPS) is 21.7. The predicted molar refractivity (Wildman–Crippen MR) is 158 cm³/mol. The average Bonchev–Trinajstić information content (AvgIpc) is 3.28. The molecule has 0 saturated carbocycles. The van der Waals surface area contributed by atoms with Crippen molar-refractivity contribution >= 4 is 104 Å².